The maximum absolute atomic E-state index is 4.91. The first kappa shape index (κ1) is 8.22. The van der Waals surface area contributed by atoms with E-state index in [4.69, 9.17) is 12.2 Å². The highest BCUT2D eigenvalue weighted by atomic mass is 32.1. The third kappa shape index (κ3) is 1.53. The van der Waals surface area contributed by atoms with Crippen LogP contribution in [-0.4, -0.2) is 10.8 Å². The summed E-state index contributed by atoms with van der Waals surface area (Å²) in [5.74, 6) is 0. The van der Waals surface area contributed by atoms with Gasteiger partial charge < -0.3 is 0 Å². The van der Waals surface area contributed by atoms with Gasteiger partial charge in [-0.3, -0.25) is 10.9 Å². The predicted octanol–water partition coefficient (Wildman–Crippen LogP) is 0.134. The molecule has 12 heavy (non-hydrogen) atoms. The van der Waals surface area contributed by atoms with Crippen LogP contribution in [0, 0.1) is 0 Å². The topological polar surface area (TPSA) is 48.1 Å². The Bertz CT molecular complexity index is 176. The number of hydrogen-bond acceptors (Lipinski definition) is 3. The summed E-state index contributed by atoms with van der Waals surface area (Å²) in [7, 11) is 0. The minimum absolute atomic E-state index is 0.0283. The molecule has 1 saturated carbocycles. The standard InChI is InChI=1S/C7H14N4S/c12-6-8-10-7(11-9-6)4-2-1-3-5-7/h10-11H,1-5H2,(H2,8,9,12). The first-order valence-electron chi connectivity index (χ1n) is 4.41. The highest BCUT2D eigenvalue weighted by Crippen LogP contribution is 2.25. The van der Waals surface area contributed by atoms with Gasteiger partial charge in [0.25, 0.3) is 0 Å². The summed E-state index contributed by atoms with van der Waals surface area (Å²) in [6.07, 6.45) is 6.19. The van der Waals surface area contributed by atoms with Crippen molar-refractivity contribution in [1.82, 2.24) is 21.7 Å². The Morgan fingerprint density at radius 1 is 1.00 bits per heavy atom. The number of nitrogens with one attached hydrogen (secondary N) is 4. The summed E-state index contributed by atoms with van der Waals surface area (Å²) in [6.45, 7) is 0. The third-order valence-electron chi connectivity index (χ3n) is 2.54. The van der Waals surface area contributed by atoms with Gasteiger partial charge in [-0.15, -0.1) is 0 Å². The second-order valence-corrected chi connectivity index (χ2v) is 3.88. The van der Waals surface area contributed by atoms with Gasteiger partial charge in [0.15, 0.2) is 5.11 Å². The van der Waals surface area contributed by atoms with Gasteiger partial charge in [0, 0.05) is 0 Å². The first-order chi connectivity index (χ1) is 5.81. The van der Waals surface area contributed by atoms with Crippen molar-refractivity contribution < 1.29 is 0 Å². The van der Waals surface area contributed by atoms with Crippen molar-refractivity contribution in [1.29, 1.82) is 0 Å². The van der Waals surface area contributed by atoms with Gasteiger partial charge in [-0.1, -0.05) is 19.3 Å². The Hall–Kier alpha value is -0.390. The third-order valence-corrected chi connectivity index (χ3v) is 2.74. The fourth-order valence-corrected chi connectivity index (χ4v) is 1.92. The second-order valence-electron chi connectivity index (χ2n) is 3.47. The Morgan fingerprint density at radius 2 is 1.58 bits per heavy atom. The monoisotopic (exact) mass is 186 g/mol. The molecular weight excluding hydrogens is 172 g/mol. The van der Waals surface area contributed by atoms with Crippen molar-refractivity contribution in [3.63, 3.8) is 0 Å². The summed E-state index contributed by atoms with van der Waals surface area (Å²) in [5.41, 5.74) is 12.4. The quantitative estimate of drug-likeness (QED) is 0.405. The maximum Gasteiger partial charge on any atom is 0.195 e. The molecule has 1 spiro atoms. The van der Waals surface area contributed by atoms with E-state index in [1.807, 2.05) is 0 Å². The molecule has 1 aliphatic carbocycles. The van der Waals surface area contributed by atoms with E-state index in [1.165, 1.54) is 19.3 Å². The average Bonchev–Trinajstić information content (AvgIpc) is 2.13. The largest absolute Gasteiger partial charge is 0.295 e. The van der Waals surface area contributed by atoms with Crippen LogP contribution in [0.4, 0.5) is 0 Å². The lowest BCUT2D eigenvalue weighted by atomic mass is 9.90. The zero-order valence-electron chi connectivity index (χ0n) is 6.94. The molecule has 2 fully saturated rings. The molecule has 0 bridgehead atoms. The molecule has 2 aliphatic rings. The van der Waals surface area contributed by atoms with Crippen molar-refractivity contribution in [2.75, 3.05) is 0 Å². The van der Waals surface area contributed by atoms with Crippen LogP contribution in [0.3, 0.4) is 0 Å². The van der Waals surface area contributed by atoms with Gasteiger partial charge in [0.05, 0.1) is 0 Å². The van der Waals surface area contributed by atoms with E-state index in [1.54, 1.807) is 0 Å². The summed E-state index contributed by atoms with van der Waals surface area (Å²) in [6, 6.07) is 0. The fourth-order valence-electron chi connectivity index (χ4n) is 1.82. The van der Waals surface area contributed by atoms with E-state index in [-0.39, 0.29) is 5.66 Å². The normalized spacial score (nSPS) is 27.8. The minimum Gasteiger partial charge on any atom is -0.295 e. The van der Waals surface area contributed by atoms with Crippen LogP contribution < -0.4 is 21.7 Å². The molecule has 0 aromatic carbocycles. The lowest BCUT2D eigenvalue weighted by Gasteiger charge is -2.42. The summed E-state index contributed by atoms with van der Waals surface area (Å²) < 4.78 is 0. The molecule has 5 heteroatoms. The van der Waals surface area contributed by atoms with Gasteiger partial charge >= 0.3 is 0 Å². The van der Waals surface area contributed by atoms with Crippen LogP contribution in [0.15, 0.2) is 0 Å². The molecular formula is C7H14N4S. The van der Waals surface area contributed by atoms with E-state index in [9.17, 15) is 0 Å². The van der Waals surface area contributed by atoms with Gasteiger partial charge in [0.2, 0.25) is 0 Å². The minimum atomic E-state index is 0.0283. The van der Waals surface area contributed by atoms with Gasteiger partial charge in [-0.2, -0.15) is 0 Å². The lowest BCUT2D eigenvalue weighted by molar-refractivity contribution is 0.142. The molecule has 1 aliphatic heterocycles. The number of thiocarbonyl (C=S) groups is 1. The molecule has 0 atom stereocenters. The number of hydrogen-bond donors (Lipinski definition) is 4. The van der Waals surface area contributed by atoms with Crippen molar-refractivity contribution in [3.05, 3.63) is 0 Å². The van der Waals surface area contributed by atoms with E-state index in [0.29, 0.717) is 5.11 Å². The van der Waals surface area contributed by atoms with Crippen molar-refractivity contribution >= 4 is 17.3 Å². The SMILES string of the molecule is S=C1NNC2(CCCCC2)NN1. The molecule has 1 heterocycles. The van der Waals surface area contributed by atoms with E-state index in [0.717, 1.165) is 12.8 Å². The summed E-state index contributed by atoms with van der Waals surface area (Å²) in [5, 5.41) is 0.617. The molecule has 0 amide bonds. The Labute approximate surface area is 77.4 Å². The van der Waals surface area contributed by atoms with E-state index >= 15 is 0 Å². The average molecular weight is 186 g/mol. The molecule has 0 aromatic rings. The number of rotatable bonds is 0. The van der Waals surface area contributed by atoms with Gasteiger partial charge in [-0.05, 0) is 25.1 Å². The molecule has 0 aromatic heterocycles. The van der Waals surface area contributed by atoms with Crippen LogP contribution in [-0.2, 0) is 0 Å². The lowest BCUT2D eigenvalue weighted by Crippen LogP contribution is -2.74. The predicted molar refractivity (Wildman–Crippen MR) is 51.0 cm³/mol. The fraction of sp³-hybridized carbons (Fsp3) is 0.857. The molecule has 1 saturated heterocycles. The van der Waals surface area contributed by atoms with Crippen molar-refractivity contribution in [3.8, 4) is 0 Å². The van der Waals surface area contributed by atoms with Crippen LogP contribution in [0.2, 0.25) is 0 Å². The summed E-state index contributed by atoms with van der Waals surface area (Å²) in [4.78, 5) is 0. The Morgan fingerprint density at radius 3 is 2.17 bits per heavy atom. The van der Waals surface area contributed by atoms with Crippen LogP contribution >= 0.6 is 12.2 Å². The van der Waals surface area contributed by atoms with Gasteiger partial charge in [0.1, 0.15) is 5.66 Å². The van der Waals surface area contributed by atoms with Crippen LogP contribution in [0.25, 0.3) is 0 Å². The van der Waals surface area contributed by atoms with Crippen LogP contribution in [0.1, 0.15) is 32.1 Å². The van der Waals surface area contributed by atoms with E-state index < -0.39 is 0 Å². The maximum atomic E-state index is 4.91. The molecule has 0 unspecified atom stereocenters. The smallest absolute Gasteiger partial charge is 0.195 e. The molecule has 4 nitrogen and oxygen atoms in total. The summed E-state index contributed by atoms with van der Waals surface area (Å²) >= 11 is 4.91. The van der Waals surface area contributed by atoms with Crippen molar-refractivity contribution in [2.45, 2.75) is 37.8 Å². The molecule has 2 rings (SSSR count). The Kier molecular flexibility index (Phi) is 2.16. The second kappa shape index (κ2) is 3.16. The Balaban J connectivity index is 1.96. The molecule has 68 valence electrons. The zero-order valence-corrected chi connectivity index (χ0v) is 7.76. The zero-order chi connectivity index (χ0) is 8.44. The van der Waals surface area contributed by atoms with Gasteiger partial charge in [-0.25, -0.2) is 10.9 Å². The first-order valence-corrected chi connectivity index (χ1v) is 4.82. The highest BCUT2D eigenvalue weighted by molar-refractivity contribution is 7.80. The van der Waals surface area contributed by atoms with E-state index in [2.05, 4.69) is 21.7 Å². The molecule has 4 N–H and O–H groups in total. The van der Waals surface area contributed by atoms with Crippen molar-refractivity contribution in [2.24, 2.45) is 0 Å². The molecule has 0 radical (unpaired) electrons. The highest BCUT2D eigenvalue weighted by Gasteiger charge is 2.34. The number of hydrazine groups is 2. The van der Waals surface area contributed by atoms with Crippen LogP contribution in [0.5, 0.6) is 0 Å².